The summed E-state index contributed by atoms with van der Waals surface area (Å²) in [6.07, 6.45) is -5.67. The minimum absolute atomic E-state index is 0.113. The molecular formula is C15H20F3NO3. The summed E-state index contributed by atoms with van der Waals surface area (Å²) in [5.74, 6) is 0. The Morgan fingerprint density at radius 1 is 1.18 bits per heavy atom. The molecule has 0 saturated carbocycles. The molecule has 0 saturated heterocycles. The molecule has 1 unspecified atom stereocenters. The molecule has 1 amide bonds. The average Bonchev–Trinajstić information content (AvgIpc) is 2.36. The Morgan fingerprint density at radius 3 is 2.00 bits per heavy atom. The highest BCUT2D eigenvalue weighted by molar-refractivity contribution is 5.66. The van der Waals surface area contributed by atoms with Crippen LogP contribution >= 0.6 is 0 Å². The van der Waals surface area contributed by atoms with Crippen LogP contribution in [0.25, 0.3) is 0 Å². The fourth-order valence-electron chi connectivity index (χ4n) is 2.44. The zero-order chi connectivity index (χ0) is 17.1. The molecule has 0 aliphatic rings. The number of amides is 1. The number of nitrogens with zero attached hydrogens (tertiary/aromatic N) is 1. The quantitative estimate of drug-likeness (QED) is 0.888. The van der Waals surface area contributed by atoms with Gasteiger partial charge >= 0.3 is 12.3 Å². The van der Waals surface area contributed by atoms with Gasteiger partial charge in [-0.2, -0.15) is 13.2 Å². The van der Waals surface area contributed by atoms with Gasteiger partial charge in [0.15, 0.2) is 0 Å². The van der Waals surface area contributed by atoms with Crippen LogP contribution in [0.3, 0.4) is 0 Å². The first-order valence-electron chi connectivity index (χ1n) is 6.76. The van der Waals surface area contributed by atoms with Gasteiger partial charge in [0.1, 0.15) is 0 Å². The third-order valence-corrected chi connectivity index (χ3v) is 3.27. The van der Waals surface area contributed by atoms with Crippen LogP contribution in [0, 0.1) is 5.41 Å². The second-order valence-corrected chi connectivity index (χ2v) is 6.09. The number of alkyl halides is 3. The summed E-state index contributed by atoms with van der Waals surface area (Å²) < 4.78 is 37.9. The van der Waals surface area contributed by atoms with E-state index in [9.17, 15) is 23.1 Å². The van der Waals surface area contributed by atoms with Crippen molar-refractivity contribution in [3.05, 3.63) is 35.4 Å². The number of hydrogen-bond donors (Lipinski definition) is 2. The maximum absolute atomic E-state index is 12.6. The third-order valence-electron chi connectivity index (χ3n) is 3.27. The number of carboxylic acid groups (broad SMARTS) is 1. The van der Waals surface area contributed by atoms with E-state index in [1.807, 2.05) is 0 Å². The first-order chi connectivity index (χ1) is 9.98. The van der Waals surface area contributed by atoms with Gasteiger partial charge < -0.3 is 10.2 Å². The van der Waals surface area contributed by atoms with Crippen LogP contribution in [0.4, 0.5) is 18.0 Å². The fraction of sp³-hybridized carbons (Fsp3) is 0.533. The number of hydrogen-bond acceptors (Lipinski definition) is 2. The Kier molecular flexibility index (Phi) is 5.45. The summed E-state index contributed by atoms with van der Waals surface area (Å²) in [6, 6.07) is 3.78. The van der Waals surface area contributed by atoms with Crippen LogP contribution in [-0.4, -0.2) is 34.4 Å². The van der Waals surface area contributed by atoms with Crippen molar-refractivity contribution in [2.45, 2.75) is 33.0 Å². The highest BCUT2D eigenvalue weighted by atomic mass is 19.4. The molecule has 0 fully saturated rings. The van der Waals surface area contributed by atoms with Crippen LogP contribution in [0.1, 0.15) is 37.9 Å². The predicted molar refractivity (Wildman–Crippen MR) is 75.5 cm³/mol. The Labute approximate surface area is 127 Å². The monoisotopic (exact) mass is 319 g/mol. The summed E-state index contributed by atoms with van der Waals surface area (Å²) in [6.45, 7) is 4.91. The van der Waals surface area contributed by atoms with E-state index in [0.29, 0.717) is 5.56 Å². The lowest BCUT2D eigenvalue weighted by Gasteiger charge is -2.38. The summed E-state index contributed by atoms with van der Waals surface area (Å²) in [4.78, 5) is 12.5. The van der Waals surface area contributed by atoms with E-state index in [-0.39, 0.29) is 13.2 Å². The van der Waals surface area contributed by atoms with E-state index < -0.39 is 29.3 Å². The van der Waals surface area contributed by atoms with Gasteiger partial charge in [0.2, 0.25) is 0 Å². The van der Waals surface area contributed by atoms with E-state index in [1.165, 1.54) is 12.1 Å². The van der Waals surface area contributed by atoms with Crippen molar-refractivity contribution in [2.24, 2.45) is 5.41 Å². The highest BCUT2D eigenvalue weighted by Crippen LogP contribution is 2.39. The summed E-state index contributed by atoms with van der Waals surface area (Å²) in [5, 5.41) is 18.4. The Hall–Kier alpha value is -1.76. The molecule has 0 aliphatic carbocycles. The number of halogens is 3. The maximum Gasteiger partial charge on any atom is 0.416 e. The Morgan fingerprint density at radius 2 is 1.68 bits per heavy atom. The van der Waals surface area contributed by atoms with Crippen molar-refractivity contribution in [3.8, 4) is 0 Å². The topological polar surface area (TPSA) is 60.8 Å². The molecule has 4 nitrogen and oxygen atoms in total. The van der Waals surface area contributed by atoms with Gasteiger partial charge in [-0.05, 0) is 23.1 Å². The first-order valence-corrected chi connectivity index (χ1v) is 6.76. The van der Waals surface area contributed by atoms with Gasteiger partial charge in [-0.1, -0.05) is 32.9 Å². The molecule has 1 rings (SSSR count). The van der Waals surface area contributed by atoms with E-state index in [2.05, 4.69) is 0 Å². The number of rotatable bonds is 4. The molecule has 2 N–H and O–H groups in total. The summed E-state index contributed by atoms with van der Waals surface area (Å²) in [7, 11) is 0. The number of carbonyl (C=O) groups is 1. The van der Waals surface area contributed by atoms with E-state index in [1.54, 1.807) is 20.8 Å². The van der Waals surface area contributed by atoms with Crippen molar-refractivity contribution in [2.75, 3.05) is 13.2 Å². The largest absolute Gasteiger partial charge is 0.465 e. The molecule has 1 atom stereocenters. The Bertz CT molecular complexity index is 506. The molecule has 0 radical (unpaired) electrons. The fourth-order valence-corrected chi connectivity index (χ4v) is 2.44. The first kappa shape index (κ1) is 18.3. The molecule has 0 bridgehead atoms. The van der Waals surface area contributed by atoms with Gasteiger partial charge in [-0.3, -0.25) is 4.90 Å². The van der Waals surface area contributed by atoms with Crippen LogP contribution in [0.5, 0.6) is 0 Å². The standard InChI is InChI=1S/C15H20F3NO3/c1-14(2,3)12(19(8-9-20)13(21)22)10-4-6-11(7-5-10)15(16,17)18/h4-7,12,20H,8-9H2,1-3H3,(H,21,22). The van der Waals surface area contributed by atoms with Crippen molar-refractivity contribution in [1.82, 2.24) is 4.90 Å². The van der Waals surface area contributed by atoms with Gasteiger partial charge in [0.05, 0.1) is 18.2 Å². The average molecular weight is 319 g/mol. The van der Waals surface area contributed by atoms with Crippen molar-refractivity contribution in [3.63, 3.8) is 0 Å². The van der Waals surface area contributed by atoms with E-state index in [0.717, 1.165) is 17.0 Å². The molecule has 0 aromatic heterocycles. The summed E-state index contributed by atoms with van der Waals surface area (Å²) in [5.41, 5.74) is -0.878. The van der Waals surface area contributed by atoms with Crippen LogP contribution in [-0.2, 0) is 6.18 Å². The smallest absolute Gasteiger partial charge is 0.416 e. The molecule has 0 spiro atoms. The predicted octanol–water partition coefficient (Wildman–Crippen LogP) is 3.76. The Balaban J connectivity index is 3.26. The SMILES string of the molecule is CC(C)(C)C(c1ccc(C(F)(F)F)cc1)N(CCO)C(=O)O. The minimum atomic E-state index is -4.44. The number of benzene rings is 1. The third kappa shape index (κ3) is 4.37. The lowest BCUT2D eigenvalue weighted by atomic mass is 9.81. The minimum Gasteiger partial charge on any atom is -0.465 e. The molecule has 124 valence electrons. The van der Waals surface area contributed by atoms with Gasteiger partial charge in [-0.25, -0.2) is 4.79 Å². The van der Waals surface area contributed by atoms with Gasteiger partial charge in [0, 0.05) is 6.54 Å². The molecule has 22 heavy (non-hydrogen) atoms. The molecular weight excluding hydrogens is 299 g/mol. The zero-order valence-electron chi connectivity index (χ0n) is 12.7. The number of aliphatic hydroxyl groups is 1. The number of aliphatic hydroxyl groups excluding tert-OH is 1. The molecule has 0 heterocycles. The van der Waals surface area contributed by atoms with Gasteiger partial charge in [0.25, 0.3) is 0 Å². The second kappa shape index (κ2) is 6.56. The highest BCUT2D eigenvalue weighted by Gasteiger charge is 2.36. The lowest BCUT2D eigenvalue weighted by molar-refractivity contribution is -0.137. The zero-order valence-corrected chi connectivity index (χ0v) is 12.7. The van der Waals surface area contributed by atoms with Crippen LogP contribution < -0.4 is 0 Å². The van der Waals surface area contributed by atoms with E-state index in [4.69, 9.17) is 5.11 Å². The van der Waals surface area contributed by atoms with E-state index >= 15 is 0 Å². The van der Waals surface area contributed by atoms with Crippen molar-refractivity contribution < 1.29 is 28.2 Å². The molecule has 1 aromatic carbocycles. The van der Waals surface area contributed by atoms with Crippen LogP contribution in [0.15, 0.2) is 24.3 Å². The maximum atomic E-state index is 12.6. The second-order valence-electron chi connectivity index (χ2n) is 6.09. The van der Waals surface area contributed by atoms with Crippen molar-refractivity contribution in [1.29, 1.82) is 0 Å². The normalized spacial score (nSPS) is 13.8. The van der Waals surface area contributed by atoms with Crippen molar-refractivity contribution >= 4 is 6.09 Å². The molecule has 0 aliphatic heterocycles. The lowest BCUT2D eigenvalue weighted by Crippen LogP contribution is -2.42. The summed E-state index contributed by atoms with van der Waals surface area (Å²) >= 11 is 0. The van der Waals surface area contributed by atoms with Crippen LogP contribution in [0.2, 0.25) is 0 Å². The molecule has 1 aromatic rings. The molecule has 7 heteroatoms. The van der Waals surface area contributed by atoms with Gasteiger partial charge in [-0.15, -0.1) is 0 Å².